The highest BCUT2D eigenvalue weighted by Crippen LogP contribution is 2.27. The summed E-state index contributed by atoms with van der Waals surface area (Å²) in [5.74, 6) is -0.163. The Kier molecular flexibility index (Phi) is 4.17. The van der Waals surface area contributed by atoms with Crippen molar-refractivity contribution in [2.24, 2.45) is 0 Å². The van der Waals surface area contributed by atoms with Gasteiger partial charge in [0.15, 0.2) is 0 Å². The number of benzene rings is 1. The van der Waals surface area contributed by atoms with Crippen molar-refractivity contribution in [1.29, 1.82) is 0 Å². The zero-order chi connectivity index (χ0) is 9.26. The number of rotatable bonds is 1. The third-order valence-corrected chi connectivity index (χ3v) is 2.63. The minimum Gasteiger partial charge on any atom is -0.310 e. The Morgan fingerprint density at radius 2 is 2.21 bits per heavy atom. The quantitative estimate of drug-likeness (QED) is 0.788. The van der Waals surface area contributed by atoms with Crippen molar-refractivity contribution in [2.45, 2.75) is 18.9 Å². The van der Waals surface area contributed by atoms with E-state index in [0.717, 1.165) is 19.4 Å². The molecule has 1 aromatic carbocycles. The van der Waals surface area contributed by atoms with E-state index >= 15 is 0 Å². The molecule has 0 unspecified atom stereocenters. The van der Waals surface area contributed by atoms with Crippen LogP contribution in [0.5, 0.6) is 0 Å². The Balaban J connectivity index is 0.000000980. The van der Waals surface area contributed by atoms with Gasteiger partial charge in [-0.2, -0.15) is 0 Å². The van der Waals surface area contributed by atoms with Crippen LogP contribution in [-0.4, -0.2) is 6.54 Å². The summed E-state index contributed by atoms with van der Waals surface area (Å²) in [7, 11) is 0. The first-order valence-electron chi connectivity index (χ1n) is 4.46. The summed E-state index contributed by atoms with van der Waals surface area (Å²) in [5, 5.41) is 3.84. The molecule has 1 aliphatic rings. The molecule has 1 nitrogen and oxygen atoms in total. The van der Waals surface area contributed by atoms with Crippen LogP contribution in [0.2, 0.25) is 5.02 Å². The van der Waals surface area contributed by atoms with Gasteiger partial charge in [0.2, 0.25) is 0 Å². The molecule has 4 heteroatoms. The van der Waals surface area contributed by atoms with Gasteiger partial charge in [0.25, 0.3) is 0 Å². The zero-order valence-electron chi connectivity index (χ0n) is 7.59. The summed E-state index contributed by atoms with van der Waals surface area (Å²) in [5.41, 5.74) is 0.699. The van der Waals surface area contributed by atoms with E-state index in [4.69, 9.17) is 11.6 Å². The van der Waals surface area contributed by atoms with E-state index in [2.05, 4.69) is 5.32 Å². The zero-order valence-corrected chi connectivity index (χ0v) is 9.17. The molecule has 0 aliphatic carbocycles. The Hall–Kier alpha value is -0.310. The smallest absolute Gasteiger partial charge is 0.128 e. The van der Waals surface area contributed by atoms with E-state index in [1.165, 1.54) is 6.07 Å². The second-order valence-electron chi connectivity index (χ2n) is 3.31. The summed E-state index contributed by atoms with van der Waals surface area (Å²) in [4.78, 5) is 0. The van der Waals surface area contributed by atoms with Crippen LogP contribution in [0, 0.1) is 5.82 Å². The predicted octanol–water partition coefficient (Wildman–Crippen LogP) is 3.33. The number of hydrogen-bond acceptors (Lipinski definition) is 1. The molecule has 1 aromatic rings. The molecule has 0 saturated carbocycles. The van der Waals surface area contributed by atoms with E-state index in [9.17, 15) is 4.39 Å². The summed E-state index contributed by atoms with van der Waals surface area (Å²) >= 11 is 5.80. The molecule has 0 bridgehead atoms. The van der Waals surface area contributed by atoms with Crippen molar-refractivity contribution >= 4 is 24.0 Å². The molecular formula is C10H12Cl2FN. The third-order valence-electron chi connectivity index (χ3n) is 2.39. The van der Waals surface area contributed by atoms with Gasteiger partial charge < -0.3 is 5.32 Å². The van der Waals surface area contributed by atoms with E-state index < -0.39 is 0 Å². The van der Waals surface area contributed by atoms with Crippen LogP contribution in [0.3, 0.4) is 0 Å². The van der Waals surface area contributed by atoms with Crippen molar-refractivity contribution in [1.82, 2.24) is 5.32 Å². The van der Waals surface area contributed by atoms with Gasteiger partial charge in [-0.1, -0.05) is 11.6 Å². The minimum absolute atomic E-state index is 0. The molecule has 0 amide bonds. The van der Waals surface area contributed by atoms with Crippen molar-refractivity contribution in [3.63, 3.8) is 0 Å². The summed E-state index contributed by atoms with van der Waals surface area (Å²) in [6, 6.07) is 4.87. The number of nitrogens with one attached hydrogen (secondary N) is 1. The Bertz CT molecular complexity index is 311. The molecule has 1 aliphatic heterocycles. The van der Waals surface area contributed by atoms with Crippen LogP contribution in [0.25, 0.3) is 0 Å². The molecule has 0 aromatic heterocycles. The molecule has 0 spiro atoms. The lowest BCUT2D eigenvalue weighted by atomic mass is 10.1. The lowest BCUT2D eigenvalue weighted by Gasteiger charge is -2.11. The van der Waals surface area contributed by atoms with Gasteiger partial charge in [-0.3, -0.25) is 0 Å². The maximum atomic E-state index is 13.3. The lowest BCUT2D eigenvalue weighted by molar-refractivity contribution is 0.559. The highest BCUT2D eigenvalue weighted by atomic mass is 35.5. The van der Waals surface area contributed by atoms with Gasteiger partial charge in [-0.05, 0) is 37.6 Å². The number of hydrogen-bond donors (Lipinski definition) is 1. The first-order valence-corrected chi connectivity index (χ1v) is 4.83. The topological polar surface area (TPSA) is 12.0 Å². The summed E-state index contributed by atoms with van der Waals surface area (Å²) < 4.78 is 13.3. The highest BCUT2D eigenvalue weighted by molar-refractivity contribution is 6.30. The second kappa shape index (κ2) is 4.96. The maximum Gasteiger partial charge on any atom is 0.128 e. The molecule has 1 N–H and O–H groups in total. The Labute approximate surface area is 94.1 Å². The third kappa shape index (κ3) is 2.38. The largest absolute Gasteiger partial charge is 0.310 e. The van der Waals surface area contributed by atoms with Crippen LogP contribution in [0.4, 0.5) is 4.39 Å². The van der Waals surface area contributed by atoms with Crippen molar-refractivity contribution < 1.29 is 4.39 Å². The fraction of sp³-hybridized carbons (Fsp3) is 0.400. The molecular weight excluding hydrogens is 224 g/mol. The van der Waals surface area contributed by atoms with E-state index in [1.54, 1.807) is 12.1 Å². The summed E-state index contributed by atoms with van der Waals surface area (Å²) in [6.07, 6.45) is 2.11. The lowest BCUT2D eigenvalue weighted by Crippen LogP contribution is -2.14. The molecule has 0 radical (unpaired) electrons. The Morgan fingerprint density at radius 3 is 2.86 bits per heavy atom. The first kappa shape index (κ1) is 11.8. The van der Waals surface area contributed by atoms with Gasteiger partial charge in [0, 0.05) is 16.6 Å². The fourth-order valence-corrected chi connectivity index (χ4v) is 1.91. The molecule has 1 saturated heterocycles. The van der Waals surface area contributed by atoms with Gasteiger partial charge >= 0.3 is 0 Å². The molecule has 1 atom stereocenters. The van der Waals surface area contributed by atoms with Crippen LogP contribution in [0.1, 0.15) is 24.4 Å². The SMILES string of the molecule is Cl.Fc1ccc(Cl)cc1[C@@H]1CCCN1. The van der Waals surface area contributed by atoms with E-state index in [0.29, 0.717) is 10.6 Å². The summed E-state index contributed by atoms with van der Waals surface area (Å²) in [6.45, 7) is 0.969. The second-order valence-corrected chi connectivity index (χ2v) is 3.75. The molecule has 78 valence electrons. The van der Waals surface area contributed by atoms with Crippen LogP contribution in [0.15, 0.2) is 18.2 Å². The van der Waals surface area contributed by atoms with Gasteiger partial charge in [-0.15, -0.1) is 12.4 Å². The molecule has 1 fully saturated rings. The van der Waals surface area contributed by atoms with Gasteiger partial charge in [-0.25, -0.2) is 4.39 Å². The van der Waals surface area contributed by atoms with E-state index in [-0.39, 0.29) is 24.3 Å². The first-order chi connectivity index (χ1) is 6.27. The predicted molar refractivity (Wildman–Crippen MR) is 58.6 cm³/mol. The van der Waals surface area contributed by atoms with Crippen molar-refractivity contribution in [3.8, 4) is 0 Å². The Morgan fingerprint density at radius 1 is 1.43 bits per heavy atom. The van der Waals surface area contributed by atoms with E-state index in [1.807, 2.05) is 0 Å². The van der Waals surface area contributed by atoms with Gasteiger partial charge in [0.05, 0.1) is 0 Å². The fourth-order valence-electron chi connectivity index (χ4n) is 1.73. The van der Waals surface area contributed by atoms with Crippen molar-refractivity contribution in [2.75, 3.05) is 6.54 Å². The standard InChI is InChI=1S/C10H11ClFN.ClH/c11-7-3-4-9(12)8(6-7)10-2-1-5-13-10;/h3-4,6,10,13H,1-2,5H2;1H/t10-;/m0./s1. The van der Waals surface area contributed by atoms with Crippen molar-refractivity contribution in [3.05, 3.63) is 34.6 Å². The van der Waals surface area contributed by atoms with Crippen LogP contribution < -0.4 is 5.32 Å². The monoisotopic (exact) mass is 235 g/mol. The maximum absolute atomic E-state index is 13.3. The number of halogens is 3. The van der Waals surface area contributed by atoms with Crippen LogP contribution >= 0.6 is 24.0 Å². The average Bonchev–Trinajstić information content (AvgIpc) is 2.61. The molecule has 2 rings (SSSR count). The average molecular weight is 236 g/mol. The highest BCUT2D eigenvalue weighted by Gasteiger charge is 2.19. The van der Waals surface area contributed by atoms with Crippen LogP contribution in [-0.2, 0) is 0 Å². The molecule has 1 heterocycles. The minimum atomic E-state index is -0.163. The normalized spacial score (nSPS) is 20.6. The van der Waals surface area contributed by atoms with Gasteiger partial charge in [0.1, 0.15) is 5.82 Å². The molecule has 14 heavy (non-hydrogen) atoms.